The van der Waals surface area contributed by atoms with Crippen LogP contribution >= 0.6 is 22.7 Å². The average molecular weight is 264 g/mol. The van der Waals surface area contributed by atoms with Gasteiger partial charge in [0.1, 0.15) is 0 Å². The molecule has 2 aromatic heterocycles. The summed E-state index contributed by atoms with van der Waals surface area (Å²) in [6, 6.07) is 2.48. The van der Waals surface area contributed by atoms with Crippen LogP contribution in [0.5, 0.6) is 0 Å². The quantitative estimate of drug-likeness (QED) is 0.923. The number of hydrogen-bond acceptors (Lipinski definition) is 4. The molecule has 0 amide bonds. The van der Waals surface area contributed by atoms with Crippen molar-refractivity contribution >= 4 is 22.7 Å². The van der Waals surface area contributed by atoms with E-state index in [-0.39, 0.29) is 6.04 Å². The summed E-state index contributed by atoms with van der Waals surface area (Å²) in [6.07, 6.45) is 8.04. The van der Waals surface area contributed by atoms with Crippen LogP contribution < -0.4 is 5.73 Å². The van der Waals surface area contributed by atoms with E-state index in [1.54, 1.807) is 21.8 Å². The first-order valence-corrected chi connectivity index (χ1v) is 7.77. The summed E-state index contributed by atoms with van der Waals surface area (Å²) < 4.78 is 0. The second-order valence-corrected chi connectivity index (χ2v) is 6.72. The van der Waals surface area contributed by atoms with Crippen LogP contribution in [0.2, 0.25) is 0 Å². The standard InChI is InChI=1S/C13H16N2S2/c14-11(6-10-7-15-8-16-10)13-5-9-3-1-2-4-12(9)17-13/h5,7-8,11H,1-4,6,14H2. The second kappa shape index (κ2) is 4.88. The molecule has 0 fully saturated rings. The molecule has 1 aliphatic carbocycles. The Balaban J connectivity index is 1.77. The molecule has 0 radical (unpaired) electrons. The SMILES string of the molecule is NC(Cc1cncs1)c1cc2c(s1)CCCC2. The molecule has 1 unspecified atom stereocenters. The third-order valence-electron chi connectivity index (χ3n) is 3.29. The van der Waals surface area contributed by atoms with Crippen LogP contribution in [-0.2, 0) is 19.3 Å². The number of rotatable bonds is 3. The smallest absolute Gasteiger partial charge is 0.0794 e. The Morgan fingerprint density at radius 3 is 3.00 bits per heavy atom. The molecule has 0 saturated carbocycles. The summed E-state index contributed by atoms with van der Waals surface area (Å²) in [6.45, 7) is 0. The molecule has 0 spiro atoms. The number of aromatic nitrogens is 1. The van der Waals surface area contributed by atoms with Gasteiger partial charge in [-0.1, -0.05) is 0 Å². The van der Waals surface area contributed by atoms with Gasteiger partial charge in [0.05, 0.1) is 5.51 Å². The van der Waals surface area contributed by atoms with Crippen LogP contribution in [0, 0.1) is 0 Å². The zero-order chi connectivity index (χ0) is 11.7. The summed E-state index contributed by atoms with van der Waals surface area (Å²) >= 11 is 3.62. The van der Waals surface area contributed by atoms with Crippen molar-refractivity contribution in [2.24, 2.45) is 5.73 Å². The van der Waals surface area contributed by atoms with Crippen LogP contribution in [0.25, 0.3) is 0 Å². The highest BCUT2D eigenvalue weighted by Gasteiger charge is 2.17. The Hall–Kier alpha value is -0.710. The number of hydrogen-bond donors (Lipinski definition) is 1. The molecule has 1 atom stereocenters. The zero-order valence-electron chi connectivity index (χ0n) is 9.69. The number of thiazole rings is 1. The van der Waals surface area contributed by atoms with Gasteiger partial charge in [0.25, 0.3) is 0 Å². The van der Waals surface area contributed by atoms with Crippen LogP contribution in [0.1, 0.15) is 39.1 Å². The van der Waals surface area contributed by atoms with Gasteiger partial charge in [0, 0.05) is 33.3 Å². The normalized spacial score (nSPS) is 16.8. The molecule has 1 aliphatic rings. The van der Waals surface area contributed by atoms with Crippen molar-refractivity contribution < 1.29 is 0 Å². The molecular formula is C13H16N2S2. The number of fused-ring (bicyclic) bond motifs is 1. The Kier molecular flexibility index (Phi) is 3.27. The summed E-state index contributed by atoms with van der Waals surface area (Å²) in [7, 11) is 0. The van der Waals surface area contributed by atoms with Gasteiger partial charge in [-0.15, -0.1) is 22.7 Å². The highest BCUT2D eigenvalue weighted by atomic mass is 32.1. The van der Waals surface area contributed by atoms with E-state index in [2.05, 4.69) is 11.1 Å². The van der Waals surface area contributed by atoms with Crippen molar-refractivity contribution in [3.8, 4) is 0 Å². The summed E-state index contributed by atoms with van der Waals surface area (Å²) in [5, 5.41) is 0. The summed E-state index contributed by atoms with van der Waals surface area (Å²) in [4.78, 5) is 8.31. The Labute approximate surface area is 110 Å². The van der Waals surface area contributed by atoms with Gasteiger partial charge in [-0.25, -0.2) is 0 Å². The maximum atomic E-state index is 6.29. The lowest BCUT2D eigenvalue weighted by atomic mass is 9.98. The van der Waals surface area contributed by atoms with E-state index >= 15 is 0 Å². The molecule has 0 aromatic carbocycles. The van der Waals surface area contributed by atoms with E-state index in [0.717, 1.165) is 6.42 Å². The molecule has 0 saturated heterocycles. The molecular weight excluding hydrogens is 248 g/mol. The number of thiophene rings is 1. The molecule has 90 valence electrons. The van der Waals surface area contributed by atoms with Gasteiger partial charge in [-0.05, 0) is 37.3 Å². The predicted molar refractivity (Wildman–Crippen MR) is 73.7 cm³/mol. The Bertz CT molecular complexity index is 464. The van der Waals surface area contributed by atoms with Crippen molar-refractivity contribution in [3.05, 3.63) is 38.0 Å². The molecule has 2 aromatic rings. The van der Waals surface area contributed by atoms with Crippen LogP contribution in [-0.4, -0.2) is 4.98 Å². The van der Waals surface area contributed by atoms with Gasteiger partial charge >= 0.3 is 0 Å². The first-order chi connectivity index (χ1) is 8.33. The maximum absolute atomic E-state index is 6.29. The minimum absolute atomic E-state index is 0.144. The Morgan fingerprint density at radius 1 is 1.35 bits per heavy atom. The molecule has 0 bridgehead atoms. The zero-order valence-corrected chi connectivity index (χ0v) is 11.3. The fourth-order valence-corrected chi connectivity index (χ4v) is 4.27. The van der Waals surface area contributed by atoms with Crippen molar-refractivity contribution in [1.82, 2.24) is 4.98 Å². The lowest BCUT2D eigenvalue weighted by Gasteiger charge is -2.08. The van der Waals surface area contributed by atoms with Gasteiger partial charge in [-0.2, -0.15) is 0 Å². The first-order valence-electron chi connectivity index (χ1n) is 6.07. The monoisotopic (exact) mass is 264 g/mol. The minimum atomic E-state index is 0.144. The van der Waals surface area contributed by atoms with E-state index < -0.39 is 0 Å². The lowest BCUT2D eigenvalue weighted by molar-refractivity contribution is 0.695. The topological polar surface area (TPSA) is 38.9 Å². The predicted octanol–water partition coefficient (Wildman–Crippen LogP) is 3.33. The van der Waals surface area contributed by atoms with Crippen LogP contribution in [0.3, 0.4) is 0 Å². The largest absolute Gasteiger partial charge is 0.323 e. The summed E-state index contributed by atoms with van der Waals surface area (Å²) in [5.74, 6) is 0. The van der Waals surface area contributed by atoms with E-state index in [1.807, 2.05) is 23.0 Å². The van der Waals surface area contributed by atoms with E-state index in [1.165, 1.54) is 35.4 Å². The van der Waals surface area contributed by atoms with Gasteiger partial charge in [0.15, 0.2) is 0 Å². The van der Waals surface area contributed by atoms with E-state index in [4.69, 9.17) is 5.73 Å². The van der Waals surface area contributed by atoms with Gasteiger partial charge < -0.3 is 5.73 Å². The third-order valence-corrected chi connectivity index (χ3v) is 5.46. The van der Waals surface area contributed by atoms with Crippen LogP contribution in [0.4, 0.5) is 0 Å². The average Bonchev–Trinajstić information content (AvgIpc) is 2.96. The maximum Gasteiger partial charge on any atom is 0.0794 e. The van der Waals surface area contributed by atoms with Crippen molar-refractivity contribution in [2.75, 3.05) is 0 Å². The fourth-order valence-electron chi connectivity index (χ4n) is 2.36. The highest BCUT2D eigenvalue weighted by Crippen LogP contribution is 2.33. The molecule has 0 aliphatic heterocycles. The second-order valence-electron chi connectivity index (χ2n) is 4.58. The molecule has 17 heavy (non-hydrogen) atoms. The van der Waals surface area contributed by atoms with E-state index in [9.17, 15) is 0 Å². The molecule has 4 heteroatoms. The lowest BCUT2D eigenvalue weighted by Crippen LogP contribution is -2.10. The number of nitrogens with two attached hydrogens (primary N) is 1. The molecule has 2 N–H and O–H groups in total. The van der Waals surface area contributed by atoms with Crippen molar-refractivity contribution in [1.29, 1.82) is 0 Å². The third kappa shape index (κ3) is 2.44. The van der Waals surface area contributed by atoms with E-state index in [0.29, 0.717) is 0 Å². The number of aryl methyl sites for hydroxylation is 2. The molecule has 3 rings (SSSR count). The fraction of sp³-hybridized carbons (Fsp3) is 0.462. The molecule has 2 heterocycles. The number of nitrogens with zero attached hydrogens (tertiary/aromatic N) is 1. The van der Waals surface area contributed by atoms with Gasteiger partial charge in [0.2, 0.25) is 0 Å². The highest BCUT2D eigenvalue weighted by molar-refractivity contribution is 7.12. The minimum Gasteiger partial charge on any atom is -0.323 e. The first kappa shape index (κ1) is 11.4. The molecule has 2 nitrogen and oxygen atoms in total. The van der Waals surface area contributed by atoms with Crippen molar-refractivity contribution in [2.45, 2.75) is 38.1 Å². The van der Waals surface area contributed by atoms with Crippen LogP contribution in [0.15, 0.2) is 17.8 Å². The van der Waals surface area contributed by atoms with Crippen molar-refractivity contribution in [3.63, 3.8) is 0 Å². The summed E-state index contributed by atoms with van der Waals surface area (Å²) in [5.41, 5.74) is 9.72. The Morgan fingerprint density at radius 2 is 2.24 bits per heavy atom. The van der Waals surface area contributed by atoms with Gasteiger partial charge in [-0.3, -0.25) is 4.98 Å².